The maximum Gasteiger partial charge on any atom is 0.310 e. The molecule has 8 heteroatoms. The molecule has 2 bridgehead atoms. The van der Waals surface area contributed by atoms with E-state index in [-0.39, 0.29) is 42.2 Å². The van der Waals surface area contributed by atoms with E-state index in [0.29, 0.717) is 19.5 Å². The highest BCUT2D eigenvalue weighted by Crippen LogP contribution is 2.67. The first kappa shape index (κ1) is 25.8. The number of aliphatic hydroxyl groups is 1. The Bertz CT molecular complexity index is 970. The molecule has 3 aliphatic heterocycles. The molecule has 1 aromatic carbocycles. The van der Waals surface area contributed by atoms with Gasteiger partial charge >= 0.3 is 5.97 Å². The molecule has 0 aliphatic carbocycles. The first-order valence-corrected chi connectivity index (χ1v) is 13.4. The van der Waals surface area contributed by atoms with Crippen LogP contribution in [0.15, 0.2) is 43.0 Å². The molecule has 4 rings (SSSR count). The van der Waals surface area contributed by atoms with Crippen molar-refractivity contribution in [1.82, 2.24) is 9.80 Å². The number of ether oxygens (including phenoxy) is 1. The third kappa shape index (κ3) is 4.29. The van der Waals surface area contributed by atoms with Crippen LogP contribution in [-0.4, -0.2) is 74.5 Å². The summed E-state index contributed by atoms with van der Waals surface area (Å²) in [4.78, 5) is 44.7. The lowest BCUT2D eigenvalue weighted by Gasteiger charge is -2.40. The Morgan fingerprint density at radius 2 is 2.06 bits per heavy atom. The quantitative estimate of drug-likeness (QED) is 0.393. The Morgan fingerprint density at radius 3 is 2.66 bits per heavy atom. The van der Waals surface area contributed by atoms with E-state index in [9.17, 15) is 19.5 Å². The van der Waals surface area contributed by atoms with Gasteiger partial charge < -0.3 is 19.6 Å². The topological polar surface area (TPSA) is 87.2 Å². The lowest BCUT2D eigenvalue weighted by molar-refractivity contribution is -0.154. The van der Waals surface area contributed by atoms with Gasteiger partial charge in [0.2, 0.25) is 11.8 Å². The second-order valence-electron chi connectivity index (χ2n) is 10.0. The monoisotopic (exact) mass is 500 g/mol. The zero-order chi connectivity index (χ0) is 25.3. The number of carbonyl (C=O) groups is 3. The molecular formula is C27H36N2O5S. The number of hydrogen-bond acceptors (Lipinski definition) is 6. The van der Waals surface area contributed by atoms with Crippen LogP contribution in [0.1, 0.15) is 39.2 Å². The van der Waals surface area contributed by atoms with E-state index in [2.05, 4.69) is 6.58 Å². The van der Waals surface area contributed by atoms with Crippen LogP contribution in [0.25, 0.3) is 0 Å². The van der Waals surface area contributed by atoms with Crippen molar-refractivity contribution in [3.8, 4) is 0 Å². The normalized spacial score (nSPS) is 29.9. The maximum absolute atomic E-state index is 14.3. The summed E-state index contributed by atoms with van der Waals surface area (Å²) in [6.45, 7) is 10.3. The van der Waals surface area contributed by atoms with Crippen LogP contribution in [0.5, 0.6) is 0 Å². The summed E-state index contributed by atoms with van der Waals surface area (Å²) in [6, 6.07) is 8.48. The highest BCUT2D eigenvalue weighted by molar-refractivity contribution is 8.02. The van der Waals surface area contributed by atoms with Crippen molar-refractivity contribution in [3.63, 3.8) is 0 Å². The van der Waals surface area contributed by atoms with Gasteiger partial charge in [-0.15, -0.1) is 18.3 Å². The second kappa shape index (κ2) is 10.3. The van der Waals surface area contributed by atoms with Gasteiger partial charge in [-0.25, -0.2) is 0 Å². The van der Waals surface area contributed by atoms with Crippen molar-refractivity contribution in [2.75, 3.05) is 19.8 Å². The number of carbonyl (C=O) groups excluding carboxylic acids is 3. The van der Waals surface area contributed by atoms with Crippen LogP contribution in [0.4, 0.5) is 0 Å². The first-order chi connectivity index (χ1) is 16.8. The first-order valence-electron chi connectivity index (χ1n) is 12.5. The fraction of sp³-hybridized carbons (Fsp3) is 0.593. The molecule has 3 saturated heterocycles. The summed E-state index contributed by atoms with van der Waals surface area (Å²) >= 11 is 1.62. The number of nitrogens with zero attached hydrogens (tertiary/aromatic N) is 2. The maximum atomic E-state index is 14.3. The van der Waals surface area contributed by atoms with E-state index < -0.39 is 28.7 Å². The van der Waals surface area contributed by atoms with Crippen molar-refractivity contribution < 1.29 is 24.2 Å². The second-order valence-corrected chi connectivity index (χ2v) is 11.6. The zero-order valence-electron chi connectivity index (χ0n) is 20.8. The van der Waals surface area contributed by atoms with E-state index in [1.807, 2.05) is 44.2 Å². The van der Waals surface area contributed by atoms with E-state index in [1.54, 1.807) is 34.6 Å². The minimum absolute atomic E-state index is 0.0333. The van der Waals surface area contributed by atoms with Crippen LogP contribution in [0.3, 0.4) is 0 Å². The number of fused-ring (bicyclic) bond motifs is 1. The minimum Gasteiger partial charge on any atom is -0.466 e. The van der Waals surface area contributed by atoms with Gasteiger partial charge in [0.1, 0.15) is 6.04 Å². The number of aliphatic hydroxyl groups excluding tert-OH is 1. The average Bonchev–Trinajstić information content (AvgIpc) is 3.47. The Hall–Kier alpha value is -2.32. The van der Waals surface area contributed by atoms with Crippen molar-refractivity contribution in [2.45, 2.75) is 62.2 Å². The lowest BCUT2D eigenvalue weighted by Crippen LogP contribution is -2.58. The number of rotatable bonds is 10. The fourth-order valence-electron chi connectivity index (χ4n) is 6.22. The van der Waals surface area contributed by atoms with Crippen LogP contribution >= 0.6 is 11.8 Å². The number of hydrogen-bond donors (Lipinski definition) is 1. The Kier molecular flexibility index (Phi) is 7.62. The summed E-state index contributed by atoms with van der Waals surface area (Å²) in [5.74, 6) is -1.94. The summed E-state index contributed by atoms with van der Waals surface area (Å²) in [6.07, 6.45) is 3.15. The minimum atomic E-state index is -0.752. The third-order valence-corrected chi connectivity index (χ3v) is 9.67. The molecule has 2 amide bonds. The number of benzene rings is 1. The predicted molar refractivity (Wildman–Crippen MR) is 135 cm³/mol. The SMILES string of the molecule is C=CCN(Cc1ccccc1)C(=O)C1N([C@@H](CO)C(C)C)C(=O)[C@@H]2[C@@H](C(=O)OCC)[C@H]3CCC12S3. The van der Waals surface area contributed by atoms with Crippen molar-refractivity contribution >= 4 is 29.5 Å². The lowest BCUT2D eigenvalue weighted by atomic mass is 9.71. The van der Waals surface area contributed by atoms with Gasteiger partial charge in [-0.2, -0.15) is 0 Å². The van der Waals surface area contributed by atoms with Gasteiger partial charge in [-0.1, -0.05) is 50.3 Å². The highest BCUT2D eigenvalue weighted by atomic mass is 32.2. The van der Waals surface area contributed by atoms with Gasteiger partial charge in [0.05, 0.1) is 35.8 Å². The van der Waals surface area contributed by atoms with E-state index >= 15 is 0 Å². The predicted octanol–water partition coefficient (Wildman–Crippen LogP) is 2.87. The average molecular weight is 501 g/mol. The van der Waals surface area contributed by atoms with Crippen LogP contribution in [-0.2, 0) is 25.7 Å². The molecule has 35 heavy (non-hydrogen) atoms. The van der Waals surface area contributed by atoms with Crippen LogP contribution in [0.2, 0.25) is 0 Å². The third-order valence-electron chi connectivity index (χ3n) is 7.72. The molecule has 3 heterocycles. The molecule has 0 radical (unpaired) electrons. The molecule has 1 aromatic rings. The van der Waals surface area contributed by atoms with E-state index in [0.717, 1.165) is 12.0 Å². The summed E-state index contributed by atoms with van der Waals surface area (Å²) in [7, 11) is 0. The fourth-order valence-corrected chi connectivity index (χ4v) is 8.41. The van der Waals surface area contributed by atoms with Crippen LogP contribution < -0.4 is 0 Å². The summed E-state index contributed by atoms with van der Waals surface area (Å²) in [5.41, 5.74) is 0.989. The Balaban J connectivity index is 1.77. The standard InChI is InChI=1S/C27H36N2O5S/c1-5-14-28(15-18-10-8-7-9-11-18)25(32)23-27-13-12-20(35-27)21(26(33)34-6-2)22(27)24(31)29(23)19(16-30)17(3)4/h5,7-11,17,19-23,30H,1,6,12-16H2,2-4H3/t19-,20+,21-,22-,23?,27?/m0/s1. The summed E-state index contributed by atoms with van der Waals surface area (Å²) < 4.78 is 4.68. The number of thioether (sulfide) groups is 1. The largest absolute Gasteiger partial charge is 0.466 e. The molecule has 190 valence electrons. The Morgan fingerprint density at radius 1 is 1.34 bits per heavy atom. The molecule has 7 nitrogen and oxygen atoms in total. The molecule has 3 fully saturated rings. The van der Waals surface area contributed by atoms with E-state index in [1.165, 1.54) is 0 Å². The molecule has 6 atom stereocenters. The molecular weight excluding hydrogens is 464 g/mol. The molecule has 0 saturated carbocycles. The Labute approximate surface area is 211 Å². The number of amides is 2. The van der Waals surface area contributed by atoms with Gasteiger partial charge in [-0.05, 0) is 31.2 Å². The van der Waals surface area contributed by atoms with Gasteiger partial charge in [0, 0.05) is 18.3 Å². The van der Waals surface area contributed by atoms with Gasteiger partial charge in [0.15, 0.2) is 0 Å². The van der Waals surface area contributed by atoms with Crippen molar-refractivity contribution in [1.29, 1.82) is 0 Å². The van der Waals surface area contributed by atoms with Crippen LogP contribution in [0, 0.1) is 17.8 Å². The van der Waals surface area contributed by atoms with Gasteiger partial charge in [-0.3, -0.25) is 14.4 Å². The van der Waals surface area contributed by atoms with Crippen molar-refractivity contribution in [3.05, 3.63) is 48.6 Å². The summed E-state index contributed by atoms with van der Waals surface area (Å²) in [5, 5.41) is 10.3. The molecule has 1 spiro atoms. The zero-order valence-corrected chi connectivity index (χ0v) is 21.6. The molecule has 1 N–H and O–H groups in total. The highest BCUT2D eigenvalue weighted by Gasteiger charge is 2.74. The molecule has 3 aliphatic rings. The van der Waals surface area contributed by atoms with E-state index in [4.69, 9.17) is 4.74 Å². The number of esters is 1. The number of likely N-dealkylation sites (tertiary alicyclic amines) is 1. The molecule has 2 unspecified atom stereocenters. The van der Waals surface area contributed by atoms with Crippen molar-refractivity contribution in [2.24, 2.45) is 17.8 Å². The molecule has 0 aromatic heterocycles. The smallest absolute Gasteiger partial charge is 0.310 e. The van der Waals surface area contributed by atoms with Gasteiger partial charge in [0.25, 0.3) is 0 Å².